The maximum atomic E-state index is 4.18. The third-order valence-electron chi connectivity index (χ3n) is 2.72. The van der Waals surface area contributed by atoms with Crippen LogP contribution in [0.1, 0.15) is 38.7 Å². The first-order chi connectivity index (χ1) is 7.76. The molecule has 1 rings (SSSR count). The van der Waals surface area contributed by atoms with Crippen molar-refractivity contribution in [3.8, 4) is 0 Å². The van der Waals surface area contributed by atoms with Crippen molar-refractivity contribution in [2.45, 2.75) is 45.6 Å². The largest absolute Gasteiger partial charge is 0.314 e. The van der Waals surface area contributed by atoms with Crippen LogP contribution in [0.2, 0.25) is 0 Å². The van der Waals surface area contributed by atoms with Gasteiger partial charge in [0.15, 0.2) is 0 Å². The third-order valence-corrected chi connectivity index (χ3v) is 3.15. The molecule has 0 aliphatic rings. The molecule has 0 saturated carbocycles. The van der Waals surface area contributed by atoms with E-state index in [4.69, 9.17) is 0 Å². The van der Waals surface area contributed by atoms with Gasteiger partial charge in [0.05, 0.1) is 0 Å². The van der Waals surface area contributed by atoms with Gasteiger partial charge >= 0.3 is 0 Å². The first kappa shape index (κ1) is 13.7. The molecule has 0 bridgehead atoms. The van der Waals surface area contributed by atoms with Crippen LogP contribution in [0.15, 0.2) is 22.9 Å². The maximum Gasteiger partial charge on any atom is 0.0410 e. The van der Waals surface area contributed by atoms with Gasteiger partial charge in [-0.3, -0.25) is 4.98 Å². The Morgan fingerprint density at radius 2 is 2.19 bits per heavy atom. The Morgan fingerprint density at radius 3 is 2.81 bits per heavy atom. The highest BCUT2D eigenvalue weighted by atomic mass is 79.9. The smallest absolute Gasteiger partial charge is 0.0410 e. The molecular weight excluding hydrogens is 264 g/mol. The molecule has 0 aromatic carbocycles. The summed E-state index contributed by atoms with van der Waals surface area (Å²) in [7, 11) is 0. The lowest BCUT2D eigenvalue weighted by atomic mass is 10.0. The van der Waals surface area contributed by atoms with E-state index in [0.29, 0.717) is 6.04 Å². The molecule has 3 heteroatoms. The highest BCUT2D eigenvalue weighted by Crippen LogP contribution is 2.12. The monoisotopic (exact) mass is 284 g/mol. The number of hydrogen-bond donors (Lipinski definition) is 1. The number of nitrogens with one attached hydrogen (secondary N) is 1. The van der Waals surface area contributed by atoms with Gasteiger partial charge in [-0.25, -0.2) is 0 Å². The normalized spacial score (nSPS) is 12.7. The van der Waals surface area contributed by atoms with Gasteiger partial charge in [-0.1, -0.05) is 13.8 Å². The lowest BCUT2D eigenvalue weighted by molar-refractivity contribution is 0.468. The minimum Gasteiger partial charge on any atom is -0.314 e. The molecule has 0 aliphatic heterocycles. The summed E-state index contributed by atoms with van der Waals surface area (Å²) in [5.74, 6) is 0. The molecule has 1 aromatic rings. The quantitative estimate of drug-likeness (QED) is 0.828. The zero-order chi connectivity index (χ0) is 11.8. The summed E-state index contributed by atoms with van der Waals surface area (Å²) in [5.41, 5.74) is 1.31. The maximum absolute atomic E-state index is 4.18. The number of pyridine rings is 1. The molecule has 16 heavy (non-hydrogen) atoms. The predicted molar refractivity (Wildman–Crippen MR) is 72.6 cm³/mol. The van der Waals surface area contributed by atoms with Crippen molar-refractivity contribution in [2.75, 3.05) is 6.54 Å². The fourth-order valence-corrected chi connectivity index (χ4v) is 2.14. The molecule has 90 valence electrons. The fraction of sp³-hybridized carbons (Fsp3) is 0.615. The van der Waals surface area contributed by atoms with E-state index in [-0.39, 0.29) is 0 Å². The SMILES string of the molecule is CCCNC(CC)CCc1cncc(Br)c1. The first-order valence-corrected chi connectivity index (χ1v) is 6.88. The van der Waals surface area contributed by atoms with Crippen LogP contribution in [0, 0.1) is 0 Å². The number of nitrogens with zero attached hydrogens (tertiary/aromatic N) is 1. The Hall–Kier alpha value is -0.410. The Morgan fingerprint density at radius 1 is 1.38 bits per heavy atom. The average Bonchev–Trinajstić information content (AvgIpc) is 2.29. The van der Waals surface area contributed by atoms with Gasteiger partial charge in [-0.15, -0.1) is 0 Å². The topological polar surface area (TPSA) is 24.9 Å². The summed E-state index contributed by atoms with van der Waals surface area (Å²) >= 11 is 3.45. The summed E-state index contributed by atoms with van der Waals surface area (Å²) in [6, 6.07) is 2.79. The molecule has 1 atom stereocenters. The lowest BCUT2D eigenvalue weighted by Crippen LogP contribution is -2.29. The second kappa shape index (κ2) is 7.80. The molecule has 1 unspecified atom stereocenters. The van der Waals surface area contributed by atoms with Crippen LogP contribution in [0.25, 0.3) is 0 Å². The second-order valence-electron chi connectivity index (χ2n) is 4.11. The van der Waals surface area contributed by atoms with Crippen molar-refractivity contribution in [3.05, 3.63) is 28.5 Å². The lowest BCUT2D eigenvalue weighted by Gasteiger charge is -2.16. The van der Waals surface area contributed by atoms with Crippen molar-refractivity contribution in [1.82, 2.24) is 10.3 Å². The van der Waals surface area contributed by atoms with Gasteiger partial charge in [0, 0.05) is 22.9 Å². The van der Waals surface area contributed by atoms with Crippen molar-refractivity contribution in [3.63, 3.8) is 0 Å². The van der Waals surface area contributed by atoms with Crippen LogP contribution in [-0.4, -0.2) is 17.6 Å². The Bertz CT molecular complexity index is 302. The number of hydrogen-bond acceptors (Lipinski definition) is 2. The second-order valence-corrected chi connectivity index (χ2v) is 5.03. The summed E-state index contributed by atoms with van der Waals surface area (Å²) in [6.07, 6.45) is 8.47. The van der Waals surface area contributed by atoms with Crippen LogP contribution < -0.4 is 5.32 Å². The molecule has 1 N–H and O–H groups in total. The summed E-state index contributed by atoms with van der Waals surface area (Å²) in [4.78, 5) is 4.18. The van der Waals surface area contributed by atoms with E-state index < -0.39 is 0 Å². The van der Waals surface area contributed by atoms with Gasteiger partial charge in [0.2, 0.25) is 0 Å². The minimum atomic E-state index is 0.638. The molecular formula is C13H21BrN2. The summed E-state index contributed by atoms with van der Waals surface area (Å²) in [5, 5.41) is 3.57. The molecule has 1 heterocycles. The Kier molecular flexibility index (Phi) is 6.65. The average molecular weight is 285 g/mol. The van der Waals surface area contributed by atoms with E-state index >= 15 is 0 Å². The van der Waals surface area contributed by atoms with Gasteiger partial charge in [0.1, 0.15) is 0 Å². The van der Waals surface area contributed by atoms with Crippen LogP contribution in [-0.2, 0) is 6.42 Å². The number of aromatic nitrogens is 1. The number of aryl methyl sites for hydroxylation is 1. The van der Waals surface area contributed by atoms with E-state index in [2.05, 4.69) is 46.1 Å². The first-order valence-electron chi connectivity index (χ1n) is 6.09. The minimum absolute atomic E-state index is 0.638. The van der Waals surface area contributed by atoms with Crippen LogP contribution in [0.5, 0.6) is 0 Å². The van der Waals surface area contributed by atoms with E-state index in [1.165, 1.54) is 24.8 Å². The van der Waals surface area contributed by atoms with Gasteiger partial charge in [-0.05, 0) is 59.8 Å². The molecule has 0 amide bonds. The highest BCUT2D eigenvalue weighted by molar-refractivity contribution is 9.10. The van der Waals surface area contributed by atoms with Crippen molar-refractivity contribution in [2.24, 2.45) is 0 Å². The van der Waals surface area contributed by atoms with Crippen LogP contribution in [0.3, 0.4) is 0 Å². The van der Waals surface area contributed by atoms with Crippen molar-refractivity contribution >= 4 is 15.9 Å². The van der Waals surface area contributed by atoms with E-state index in [1.54, 1.807) is 0 Å². The van der Waals surface area contributed by atoms with Crippen LogP contribution in [0.4, 0.5) is 0 Å². The van der Waals surface area contributed by atoms with E-state index in [9.17, 15) is 0 Å². The molecule has 0 radical (unpaired) electrons. The molecule has 2 nitrogen and oxygen atoms in total. The van der Waals surface area contributed by atoms with E-state index in [1.807, 2.05) is 12.4 Å². The Balaban J connectivity index is 2.37. The van der Waals surface area contributed by atoms with Gasteiger partial charge in [-0.2, -0.15) is 0 Å². The number of halogens is 1. The van der Waals surface area contributed by atoms with Crippen molar-refractivity contribution < 1.29 is 0 Å². The molecule has 1 aromatic heterocycles. The van der Waals surface area contributed by atoms with Crippen molar-refractivity contribution in [1.29, 1.82) is 0 Å². The molecule has 0 saturated heterocycles. The van der Waals surface area contributed by atoms with Gasteiger partial charge in [0.25, 0.3) is 0 Å². The zero-order valence-electron chi connectivity index (χ0n) is 10.2. The summed E-state index contributed by atoms with van der Waals surface area (Å²) < 4.78 is 1.07. The molecule has 0 fully saturated rings. The van der Waals surface area contributed by atoms with Crippen LogP contribution >= 0.6 is 15.9 Å². The standard InChI is InChI=1S/C13H21BrN2/c1-3-7-16-13(4-2)6-5-11-8-12(14)10-15-9-11/h8-10,13,16H,3-7H2,1-2H3. The fourth-order valence-electron chi connectivity index (χ4n) is 1.73. The molecule has 0 spiro atoms. The Labute approximate surface area is 107 Å². The van der Waals surface area contributed by atoms with E-state index in [0.717, 1.165) is 17.4 Å². The summed E-state index contributed by atoms with van der Waals surface area (Å²) in [6.45, 7) is 5.57. The predicted octanol–water partition coefficient (Wildman–Crippen LogP) is 3.55. The zero-order valence-corrected chi connectivity index (χ0v) is 11.8. The van der Waals surface area contributed by atoms with Gasteiger partial charge < -0.3 is 5.32 Å². The highest BCUT2D eigenvalue weighted by Gasteiger charge is 2.05. The number of rotatable bonds is 7. The third kappa shape index (κ3) is 5.08. The molecule has 0 aliphatic carbocycles.